The van der Waals surface area contributed by atoms with Crippen LogP contribution in [0.25, 0.3) is 0 Å². The van der Waals surface area contributed by atoms with Crippen LogP contribution in [-0.4, -0.2) is 30.3 Å². The summed E-state index contributed by atoms with van der Waals surface area (Å²) in [5.41, 5.74) is 0. The molecule has 0 saturated heterocycles. The van der Waals surface area contributed by atoms with Crippen molar-refractivity contribution in [3.63, 3.8) is 0 Å². The number of rotatable bonds is 5. The molecule has 2 atom stereocenters. The number of hydrogen-bond donors (Lipinski definition) is 2. The van der Waals surface area contributed by atoms with Gasteiger partial charge < -0.3 is 4.98 Å². The summed E-state index contributed by atoms with van der Waals surface area (Å²) in [4.78, 5) is 6.66. The smallest absolute Gasteiger partial charge is 0.257 e. The van der Waals surface area contributed by atoms with E-state index in [1.807, 2.05) is 0 Å². The van der Waals surface area contributed by atoms with Crippen LogP contribution in [0.1, 0.15) is 25.1 Å². The highest BCUT2D eigenvalue weighted by molar-refractivity contribution is 9.09. The van der Waals surface area contributed by atoms with Crippen molar-refractivity contribution in [2.45, 2.75) is 31.2 Å². The van der Waals surface area contributed by atoms with Gasteiger partial charge in [0.2, 0.25) is 0 Å². The highest BCUT2D eigenvalue weighted by atomic mass is 79.9. The van der Waals surface area contributed by atoms with Gasteiger partial charge in [-0.1, -0.05) is 22.4 Å². The fraction of sp³-hybridized carbons (Fsp3) is 0.727. The summed E-state index contributed by atoms with van der Waals surface area (Å²) < 4.78 is 26.7. The molecule has 5 nitrogen and oxygen atoms in total. The average Bonchev–Trinajstić information content (AvgIpc) is 2.94. The summed E-state index contributed by atoms with van der Waals surface area (Å²) in [5.74, 6) is 1.62. The molecule has 0 bridgehead atoms. The van der Waals surface area contributed by atoms with Gasteiger partial charge in [-0.15, -0.1) is 0 Å². The summed E-state index contributed by atoms with van der Waals surface area (Å²) in [6.45, 7) is 2.24. The molecular formula is C11H18BrN3O2S. The maximum Gasteiger partial charge on any atom is 0.257 e. The van der Waals surface area contributed by atoms with Gasteiger partial charge in [0, 0.05) is 11.9 Å². The first-order chi connectivity index (χ1) is 8.53. The van der Waals surface area contributed by atoms with Crippen molar-refractivity contribution in [2.24, 2.45) is 11.8 Å². The van der Waals surface area contributed by atoms with Crippen molar-refractivity contribution in [3.05, 3.63) is 12.0 Å². The Balaban J connectivity index is 1.97. The molecule has 1 aromatic rings. The predicted octanol–water partition coefficient (Wildman–Crippen LogP) is 1.81. The van der Waals surface area contributed by atoms with Gasteiger partial charge in [-0.25, -0.2) is 18.1 Å². The number of imidazole rings is 1. The van der Waals surface area contributed by atoms with Crippen molar-refractivity contribution in [2.75, 3.05) is 11.9 Å². The number of aryl methyl sites for hydroxylation is 1. The first kappa shape index (κ1) is 14.0. The maximum absolute atomic E-state index is 12.0. The van der Waals surface area contributed by atoms with Crippen LogP contribution in [0, 0.1) is 18.8 Å². The SMILES string of the molecule is Cc1ncc(S(=O)(=O)NCC2CCCC2CBr)[nH]1. The van der Waals surface area contributed by atoms with E-state index in [1.54, 1.807) is 6.92 Å². The first-order valence-electron chi connectivity index (χ1n) is 6.10. The van der Waals surface area contributed by atoms with E-state index < -0.39 is 10.0 Å². The molecule has 1 aliphatic rings. The van der Waals surface area contributed by atoms with Crippen molar-refractivity contribution >= 4 is 26.0 Å². The molecule has 18 heavy (non-hydrogen) atoms. The summed E-state index contributed by atoms with van der Waals surface area (Å²) in [6, 6.07) is 0. The van der Waals surface area contributed by atoms with Gasteiger partial charge in [-0.2, -0.15) is 0 Å². The maximum atomic E-state index is 12.0. The van der Waals surface area contributed by atoms with Crippen molar-refractivity contribution in [1.82, 2.24) is 14.7 Å². The Kier molecular flexibility index (Phi) is 4.45. The molecule has 2 unspecified atom stereocenters. The topological polar surface area (TPSA) is 74.8 Å². The Morgan fingerprint density at radius 3 is 2.83 bits per heavy atom. The van der Waals surface area contributed by atoms with E-state index in [2.05, 4.69) is 30.6 Å². The zero-order chi connectivity index (χ0) is 13.2. The number of nitrogens with zero attached hydrogens (tertiary/aromatic N) is 1. The van der Waals surface area contributed by atoms with Crippen LogP contribution in [0.2, 0.25) is 0 Å². The van der Waals surface area contributed by atoms with E-state index >= 15 is 0 Å². The minimum Gasteiger partial charge on any atom is -0.332 e. The van der Waals surface area contributed by atoms with Crippen LogP contribution in [0.5, 0.6) is 0 Å². The summed E-state index contributed by atoms with van der Waals surface area (Å²) in [6.07, 6.45) is 4.82. The molecule has 102 valence electrons. The lowest BCUT2D eigenvalue weighted by atomic mass is 9.99. The Morgan fingerprint density at radius 1 is 1.50 bits per heavy atom. The lowest BCUT2D eigenvalue weighted by molar-refractivity contribution is 0.422. The molecule has 2 rings (SSSR count). The molecule has 1 heterocycles. The van der Waals surface area contributed by atoms with E-state index in [0.29, 0.717) is 24.2 Å². The van der Waals surface area contributed by atoms with Crippen LogP contribution in [0.3, 0.4) is 0 Å². The number of nitrogens with one attached hydrogen (secondary N) is 2. The molecule has 2 N–H and O–H groups in total. The van der Waals surface area contributed by atoms with Gasteiger partial charge in [-0.3, -0.25) is 0 Å². The Labute approximate surface area is 116 Å². The molecule has 0 spiro atoms. The average molecular weight is 336 g/mol. The Morgan fingerprint density at radius 2 is 2.22 bits per heavy atom. The summed E-state index contributed by atoms with van der Waals surface area (Å²) >= 11 is 3.49. The second-order valence-electron chi connectivity index (χ2n) is 4.79. The summed E-state index contributed by atoms with van der Waals surface area (Å²) in [7, 11) is -3.44. The van der Waals surface area contributed by atoms with Crippen LogP contribution in [0.4, 0.5) is 0 Å². The lowest BCUT2D eigenvalue weighted by Gasteiger charge is -2.17. The van der Waals surface area contributed by atoms with Gasteiger partial charge >= 0.3 is 0 Å². The number of H-pyrrole nitrogens is 1. The second-order valence-corrected chi connectivity index (χ2v) is 7.17. The van der Waals surface area contributed by atoms with E-state index in [-0.39, 0.29) is 5.03 Å². The van der Waals surface area contributed by atoms with Crippen LogP contribution in [-0.2, 0) is 10.0 Å². The summed E-state index contributed by atoms with van der Waals surface area (Å²) in [5, 5.41) is 1.09. The molecule has 1 saturated carbocycles. The zero-order valence-corrected chi connectivity index (χ0v) is 12.7. The normalized spacial score (nSPS) is 24.6. The van der Waals surface area contributed by atoms with Gasteiger partial charge in [0.25, 0.3) is 10.0 Å². The number of alkyl halides is 1. The van der Waals surface area contributed by atoms with E-state index in [4.69, 9.17) is 0 Å². The van der Waals surface area contributed by atoms with Gasteiger partial charge in [0.05, 0.1) is 6.20 Å². The van der Waals surface area contributed by atoms with Gasteiger partial charge in [-0.05, 0) is 31.6 Å². The first-order valence-corrected chi connectivity index (χ1v) is 8.70. The zero-order valence-electron chi connectivity index (χ0n) is 10.3. The van der Waals surface area contributed by atoms with Gasteiger partial charge in [0.15, 0.2) is 5.03 Å². The largest absolute Gasteiger partial charge is 0.332 e. The van der Waals surface area contributed by atoms with Crippen molar-refractivity contribution in [3.8, 4) is 0 Å². The van der Waals surface area contributed by atoms with E-state index in [9.17, 15) is 8.42 Å². The minimum absolute atomic E-state index is 0.147. The minimum atomic E-state index is -3.44. The molecule has 1 aromatic heterocycles. The third kappa shape index (κ3) is 3.13. The molecule has 1 aliphatic carbocycles. The Hall–Kier alpha value is -0.400. The standard InChI is InChI=1S/C11H18BrN3O2S/c1-8-13-7-11(15-8)18(16,17)14-6-10-4-2-3-9(10)5-12/h7,9-10,14H,2-6H2,1H3,(H,13,15). The number of aromatic amines is 1. The highest BCUT2D eigenvalue weighted by Gasteiger charge is 2.28. The van der Waals surface area contributed by atoms with E-state index in [1.165, 1.54) is 19.0 Å². The molecule has 7 heteroatoms. The van der Waals surface area contributed by atoms with E-state index in [0.717, 1.165) is 11.8 Å². The lowest BCUT2D eigenvalue weighted by Crippen LogP contribution is -2.31. The number of halogens is 1. The number of hydrogen-bond acceptors (Lipinski definition) is 3. The third-order valence-corrected chi connectivity index (χ3v) is 5.68. The fourth-order valence-corrected chi connectivity index (χ4v) is 4.33. The molecule has 0 aliphatic heterocycles. The van der Waals surface area contributed by atoms with Crippen LogP contribution >= 0.6 is 15.9 Å². The number of aromatic nitrogens is 2. The molecule has 1 fully saturated rings. The predicted molar refractivity (Wildman–Crippen MR) is 73.1 cm³/mol. The molecule has 0 amide bonds. The van der Waals surface area contributed by atoms with Gasteiger partial charge in [0.1, 0.15) is 5.82 Å². The quantitative estimate of drug-likeness (QED) is 0.806. The van der Waals surface area contributed by atoms with Crippen molar-refractivity contribution in [1.29, 1.82) is 0 Å². The highest BCUT2D eigenvalue weighted by Crippen LogP contribution is 2.32. The van der Waals surface area contributed by atoms with Crippen LogP contribution in [0.15, 0.2) is 11.2 Å². The molecule has 0 aromatic carbocycles. The third-order valence-electron chi connectivity index (χ3n) is 3.52. The van der Waals surface area contributed by atoms with Crippen LogP contribution < -0.4 is 4.72 Å². The fourth-order valence-electron chi connectivity index (χ4n) is 2.41. The second kappa shape index (κ2) is 5.71. The van der Waals surface area contributed by atoms with Crippen molar-refractivity contribution < 1.29 is 8.42 Å². The molecule has 0 radical (unpaired) electrons. The number of sulfonamides is 1. The Bertz CT molecular complexity index is 500. The molecular weight excluding hydrogens is 318 g/mol. The monoisotopic (exact) mass is 335 g/mol.